The van der Waals surface area contributed by atoms with Gasteiger partial charge in [-0.2, -0.15) is 0 Å². The molecule has 0 aliphatic carbocycles. The second-order valence-corrected chi connectivity index (χ2v) is 21.1. The number of para-hydroxylation sites is 2. The first-order valence-corrected chi connectivity index (χ1v) is 27.2. The summed E-state index contributed by atoms with van der Waals surface area (Å²) in [5, 5.41) is 4.42. The van der Waals surface area contributed by atoms with E-state index in [-0.39, 0.29) is 0 Å². The van der Waals surface area contributed by atoms with E-state index in [1.807, 2.05) is 60.7 Å². The second-order valence-electron chi connectivity index (χ2n) is 21.1. The Kier molecular flexibility index (Phi) is 15.1. The Morgan fingerprint density at radius 3 is 0.838 bits per heavy atom. The molecule has 0 N–H and O–H groups in total. The Labute approximate surface area is 472 Å². The van der Waals surface area contributed by atoms with E-state index in [1.165, 1.54) is 0 Å². The molecule has 0 aliphatic heterocycles. The van der Waals surface area contributed by atoms with E-state index >= 15 is 0 Å². The molecule has 6 nitrogen and oxygen atoms in total. The van der Waals surface area contributed by atoms with E-state index in [4.69, 9.17) is 9.47 Å². The van der Waals surface area contributed by atoms with Crippen molar-refractivity contribution in [3.63, 3.8) is 0 Å². The molecule has 0 saturated heterocycles. The van der Waals surface area contributed by atoms with Crippen molar-refractivity contribution in [2.45, 2.75) is 0 Å². The highest BCUT2D eigenvalue weighted by molar-refractivity contribution is 6.08. The van der Waals surface area contributed by atoms with E-state index in [9.17, 15) is 0 Å². The average Bonchev–Trinajstić information content (AvgIpc) is 3.52. The lowest BCUT2D eigenvalue weighted by Gasteiger charge is -2.21. The Balaban J connectivity index is 1.10. The van der Waals surface area contributed by atoms with Crippen molar-refractivity contribution in [3.05, 3.63) is 276 Å². The maximum Gasteiger partial charge on any atom is 0.136 e. The summed E-state index contributed by atoms with van der Waals surface area (Å²) in [7, 11) is 16.6. The zero-order chi connectivity index (χ0) is 55.3. The van der Waals surface area contributed by atoms with Gasteiger partial charge in [0, 0.05) is 90.3 Å². The van der Waals surface area contributed by atoms with Gasteiger partial charge >= 0.3 is 0 Å². The summed E-state index contributed by atoms with van der Waals surface area (Å²) in [6.07, 6.45) is 4.68. The number of rotatable bonds is 16. The molecule has 11 aromatic carbocycles. The fourth-order valence-electron chi connectivity index (χ4n) is 10.5. The Bertz CT molecular complexity index is 3640. The number of fused-ring (bicyclic) bond motifs is 2. The van der Waals surface area contributed by atoms with Crippen LogP contribution in [0.4, 0.5) is 22.7 Å². The lowest BCUT2D eigenvalue weighted by Crippen LogP contribution is -2.08. The quantitative estimate of drug-likeness (QED) is 0.0897. The van der Waals surface area contributed by atoms with Gasteiger partial charge in [0.25, 0.3) is 0 Å². The van der Waals surface area contributed by atoms with Crippen molar-refractivity contribution in [2.75, 3.05) is 76.0 Å². The Morgan fingerprint density at radius 1 is 0.275 bits per heavy atom. The van der Waals surface area contributed by atoms with Gasteiger partial charge in [-0.05, 0) is 174 Å². The van der Waals surface area contributed by atoms with Gasteiger partial charge in [0.1, 0.15) is 23.0 Å². The first-order chi connectivity index (χ1) is 38.9. The largest absolute Gasteiger partial charge is 0.457 e. The standard InChI is InChI=1S/C74H66N4O2/c1-75(2)57-37-27-51(28-38-57)69(52-29-39-58(40-30-52)76(3)4)47-55-35-45-67(65-25-17-15-23-63(55)65)71-49-74(80-62-21-13-10-14-22-62)72(50-73(71)79-61-19-11-9-12-20-61)68-46-36-56(64-24-16-18-26-66(64)68)48-70(53-31-41-59(42-32-53)77(5)6)54-33-43-60(44-34-54)78(7)8/h9-50H,1-8H3. The molecule has 0 saturated carbocycles. The molecule has 0 bridgehead atoms. The zero-order valence-corrected chi connectivity index (χ0v) is 46.9. The third-order valence-electron chi connectivity index (χ3n) is 14.9. The van der Waals surface area contributed by atoms with Gasteiger partial charge in [0.2, 0.25) is 0 Å². The predicted molar refractivity (Wildman–Crippen MR) is 342 cm³/mol. The molecule has 0 fully saturated rings. The van der Waals surface area contributed by atoms with Gasteiger partial charge in [-0.1, -0.05) is 158 Å². The van der Waals surface area contributed by atoms with Gasteiger partial charge < -0.3 is 29.1 Å². The van der Waals surface area contributed by atoms with Crippen LogP contribution in [0.3, 0.4) is 0 Å². The van der Waals surface area contributed by atoms with E-state index in [0.717, 1.165) is 123 Å². The van der Waals surface area contributed by atoms with Gasteiger partial charge in [-0.25, -0.2) is 0 Å². The number of hydrogen-bond donors (Lipinski definition) is 0. The molecule has 0 radical (unpaired) electrons. The van der Waals surface area contributed by atoms with Crippen LogP contribution in [0.2, 0.25) is 0 Å². The number of benzene rings is 11. The predicted octanol–water partition coefficient (Wildman–Crippen LogP) is 18.4. The van der Waals surface area contributed by atoms with Crippen molar-refractivity contribution in [1.82, 2.24) is 0 Å². The first-order valence-electron chi connectivity index (χ1n) is 27.2. The van der Waals surface area contributed by atoms with Gasteiger partial charge in [-0.3, -0.25) is 0 Å². The van der Waals surface area contributed by atoms with Gasteiger partial charge in [0.05, 0.1) is 0 Å². The highest BCUT2D eigenvalue weighted by Gasteiger charge is 2.22. The highest BCUT2D eigenvalue weighted by Crippen LogP contribution is 2.48. The molecule has 0 aromatic heterocycles. The molecule has 0 unspecified atom stereocenters. The molecule has 0 spiro atoms. The Hall–Kier alpha value is -9.78. The van der Waals surface area contributed by atoms with E-state index < -0.39 is 0 Å². The normalized spacial score (nSPS) is 11.0. The maximum atomic E-state index is 7.09. The first kappa shape index (κ1) is 52.3. The van der Waals surface area contributed by atoms with Crippen LogP contribution in [0.15, 0.2) is 243 Å². The van der Waals surface area contributed by atoms with Crippen LogP contribution in [0.25, 0.3) is 67.1 Å². The zero-order valence-electron chi connectivity index (χ0n) is 46.9. The lowest BCUT2D eigenvalue weighted by molar-refractivity contribution is 0.472. The fourth-order valence-corrected chi connectivity index (χ4v) is 10.5. The summed E-state index contributed by atoms with van der Waals surface area (Å²) in [5.74, 6) is 2.89. The molecule has 394 valence electrons. The fraction of sp³-hybridized carbons (Fsp3) is 0.108. The third kappa shape index (κ3) is 11.2. The van der Waals surface area contributed by atoms with Crippen molar-refractivity contribution in [2.24, 2.45) is 0 Å². The average molecular weight is 1040 g/mol. The topological polar surface area (TPSA) is 31.4 Å². The SMILES string of the molecule is CN(C)c1ccc(C(=Cc2ccc(-c3cc(Oc4ccccc4)c(-c4ccc(C=C(c5ccc(N(C)C)cc5)c5ccc(N(C)C)cc5)c5ccccc45)cc3Oc3ccccc3)c3ccccc23)c2ccc(N(C)C)cc2)cc1. The van der Waals surface area contributed by atoms with Crippen LogP contribution in [-0.2, 0) is 0 Å². The molecule has 0 aliphatic rings. The summed E-state index contributed by atoms with van der Waals surface area (Å²) in [4.78, 5) is 8.54. The highest BCUT2D eigenvalue weighted by atomic mass is 16.5. The molecule has 0 heterocycles. The van der Waals surface area contributed by atoms with Crippen LogP contribution < -0.4 is 29.1 Å². The van der Waals surface area contributed by atoms with Crippen molar-refractivity contribution in [1.29, 1.82) is 0 Å². The smallest absolute Gasteiger partial charge is 0.136 e. The van der Waals surface area contributed by atoms with Crippen LogP contribution in [0.1, 0.15) is 33.4 Å². The maximum absolute atomic E-state index is 7.09. The summed E-state index contributed by atoms with van der Waals surface area (Å²) in [6.45, 7) is 0. The molecular weight excluding hydrogens is 977 g/mol. The van der Waals surface area contributed by atoms with E-state index in [2.05, 4.69) is 270 Å². The molecular formula is C74H66N4O2. The lowest BCUT2D eigenvalue weighted by atomic mass is 9.88. The third-order valence-corrected chi connectivity index (χ3v) is 14.9. The molecule has 6 heteroatoms. The molecule has 0 atom stereocenters. The van der Waals surface area contributed by atoms with E-state index in [1.54, 1.807) is 0 Å². The van der Waals surface area contributed by atoms with E-state index in [0.29, 0.717) is 11.5 Å². The molecule has 11 rings (SSSR count). The summed E-state index contributed by atoms with van der Waals surface area (Å²) in [5.41, 5.74) is 17.5. The van der Waals surface area contributed by atoms with Gasteiger partial charge in [0.15, 0.2) is 0 Å². The minimum Gasteiger partial charge on any atom is -0.457 e. The van der Waals surface area contributed by atoms with Gasteiger partial charge in [-0.15, -0.1) is 0 Å². The monoisotopic (exact) mass is 1040 g/mol. The van der Waals surface area contributed by atoms with Crippen LogP contribution >= 0.6 is 0 Å². The van der Waals surface area contributed by atoms with Crippen LogP contribution in [0, 0.1) is 0 Å². The molecule has 0 amide bonds. The minimum absolute atomic E-state index is 0.709. The van der Waals surface area contributed by atoms with Crippen molar-refractivity contribution < 1.29 is 9.47 Å². The Morgan fingerprint density at radius 2 is 0.550 bits per heavy atom. The van der Waals surface area contributed by atoms with Crippen molar-refractivity contribution in [3.8, 4) is 45.3 Å². The summed E-state index contributed by atoms with van der Waals surface area (Å²) < 4.78 is 14.2. The second kappa shape index (κ2) is 23.1. The van der Waals surface area contributed by atoms with Crippen molar-refractivity contribution >= 4 is 67.6 Å². The summed E-state index contributed by atoms with van der Waals surface area (Å²) >= 11 is 0. The number of ether oxygens (including phenoxy) is 2. The molecule has 11 aromatic rings. The number of nitrogens with zero attached hydrogens (tertiary/aromatic N) is 4. The van der Waals surface area contributed by atoms with Crippen LogP contribution in [-0.4, -0.2) is 56.4 Å². The number of anilines is 4. The molecule has 80 heavy (non-hydrogen) atoms. The number of hydrogen-bond acceptors (Lipinski definition) is 6. The minimum atomic E-state index is 0.709. The van der Waals surface area contributed by atoms with Crippen LogP contribution in [0.5, 0.6) is 23.0 Å². The summed E-state index contributed by atoms with van der Waals surface area (Å²) in [6, 6.07) is 86.2.